The molecule has 0 spiro atoms. The zero-order valence-corrected chi connectivity index (χ0v) is 12.7. The molecule has 5 nitrogen and oxygen atoms in total. The summed E-state index contributed by atoms with van der Waals surface area (Å²) in [5.41, 5.74) is 0.320. The molecule has 0 radical (unpaired) electrons. The van der Waals surface area contributed by atoms with Crippen molar-refractivity contribution in [3.05, 3.63) is 29.8 Å². The minimum absolute atomic E-state index is 0.0619. The van der Waals surface area contributed by atoms with E-state index in [1.54, 1.807) is 6.07 Å². The molecule has 1 aliphatic rings. The van der Waals surface area contributed by atoms with E-state index in [1.165, 1.54) is 23.1 Å². The first-order valence-corrected chi connectivity index (χ1v) is 7.43. The fraction of sp³-hybridized carbons (Fsp3) is 0.500. The highest BCUT2D eigenvalue weighted by molar-refractivity contribution is 5.85. The number of carboxylic acids is 1. The quantitative estimate of drug-likeness (QED) is 0.902. The summed E-state index contributed by atoms with van der Waals surface area (Å²) in [6.07, 6.45) is 0.960. The number of amides is 1. The van der Waals surface area contributed by atoms with Crippen molar-refractivity contribution in [1.29, 1.82) is 0 Å². The molecule has 1 amide bonds. The van der Waals surface area contributed by atoms with Crippen LogP contribution in [0.2, 0.25) is 0 Å². The molecule has 0 bridgehead atoms. The summed E-state index contributed by atoms with van der Waals surface area (Å²) in [4.78, 5) is 25.1. The van der Waals surface area contributed by atoms with Gasteiger partial charge < -0.3 is 14.7 Å². The van der Waals surface area contributed by atoms with Gasteiger partial charge in [0.1, 0.15) is 11.8 Å². The van der Waals surface area contributed by atoms with E-state index in [9.17, 15) is 23.5 Å². The van der Waals surface area contributed by atoms with E-state index in [0.29, 0.717) is 18.5 Å². The van der Waals surface area contributed by atoms with Crippen molar-refractivity contribution in [1.82, 2.24) is 4.90 Å². The smallest absolute Gasteiger partial charge is 0.387 e. The number of benzene rings is 1. The number of aliphatic carboxylic acids is 1. The van der Waals surface area contributed by atoms with Gasteiger partial charge in [0.05, 0.1) is 6.42 Å². The van der Waals surface area contributed by atoms with E-state index in [2.05, 4.69) is 4.74 Å². The summed E-state index contributed by atoms with van der Waals surface area (Å²) in [6.45, 7) is -0.674. The average Bonchev–Trinajstić information content (AvgIpc) is 2.48. The molecule has 1 aromatic rings. The second kappa shape index (κ2) is 7.39. The Morgan fingerprint density at radius 2 is 2.09 bits per heavy atom. The Balaban J connectivity index is 2.13. The van der Waals surface area contributed by atoms with Gasteiger partial charge in [0.15, 0.2) is 0 Å². The van der Waals surface area contributed by atoms with E-state index in [-0.39, 0.29) is 18.1 Å². The van der Waals surface area contributed by atoms with Crippen LogP contribution < -0.4 is 4.74 Å². The van der Waals surface area contributed by atoms with Crippen molar-refractivity contribution in [3.63, 3.8) is 0 Å². The minimum Gasteiger partial charge on any atom is -0.480 e. The molecule has 23 heavy (non-hydrogen) atoms. The van der Waals surface area contributed by atoms with Crippen molar-refractivity contribution in [2.24, 2.45) is 5.92 Å². The molecule has 7 heteroatoms. The van der Waals surface area contributed by atoms with Gasteiger partial charge in [0, 0.05) is 12.1 Å². The van der Waals surface area contributed by atoms with Crippen LogP contribution in [0.4, 0.5) is 8.78 Å². The highest BCUT2D eigenvalue weighted by Crippen LogP contribution is 2.26. The number of alkyl halides is 2. The van der Waals surface area contributed by atoms with Gasteiger partial charge in [-0.15, -0.1) is 0 Å². The number of carbonyl (C=O) groups is 2. The van der Waals surface area contributed by atoms with Crippen LogP contribution in [0.25, 0.3) is 0 Å². The van der Waals surface area contributed by atoms with Gasteiger partial charge in [-0.05, 0) is 24.8 Å². The zero-order valence-electron chi connectivity index (χ0n) is 12.7. The number of hydrogen-bond acceptors (Lipinski definition) is 3. The lowest BCUT2D eigenvalue weighted by atomic mass is 9.92. The number of likely N-dealkylation sites (tertiary alicyclic amines) is 1. The fourth-order valence-corrected chi connectivity index (χ4v) is 2.80. The van der Waals surface area contributed by atoms with Crippen LogP contribution in [0.1, 0.15) is 25.3 Å². The molecular formula is C16H19F2NO4. The first-order chi connectivity index (χ1) is 10.9. The third-order valence-electron chi connectivity index (χ3n) is 4.00. The Morgan fingerprint density at radius 1 is 1.39 bits per heavy atom. The lowest BCUT2D eigenvalue weighted by Gasteiger charge is -2.36. The van der Waals surface area contributed by atoms with Crippen LogP contribution in [-0.2, 0) is 16.0 Å². The maximum Gasteiger partial charge on any atom is 0.387 e. The lowest BCUT2D eigenvalue weighted by molar-refractivity contribution is -0.152. The Morgan fingerprint density at radius 3 is 2.74 bits per heavy atom. The summed E-state index contributed by atoms with van der Waals surface area (Å²) in [7, 11) is 0. The number of ether oxygens (including phenoxy) is 1. The first-order valence-electron chi connectivity index (χ1n) is 7.43. The van der Waals surface area contributed by atoms with Gasteiger partial charge in [-0.2, -0.15) is 8.78 Å². The number of rotatable bonds is 5. The van der Waals surface area contributed by atoms with Gasteiger partial charge in [-0.1, -0.05) is 25.1 Å². The van der Waals surface area contributed by atoms with E-state index < -0.39 is 24.5 Å². The SMILES string of the molecule is CC1CCN(C(=O)Cc2ccccc2OC(F)F)C(C(=O)O)C1. The molecule has 1 aliphatic heterocycles. The molecule has 1 saturated heterocycles. The van der Waals surface area contributed by atoms with Crippen LogP contribution >= 0.6 is 0 Å². The number of carbonyl (C=O) groups excluding carboxylic acids is 1. The molecule has 2 unspecified atom stereocenters. The monoisotopic (exact) mass is 327 g/mol. The Bertz CT molecular complexity index is 579. The number of carboxylic acid groups (broad SMARTS) is 1. The Hall–Kier alpha value is -2.18. The molecule has 0 aliphatic carbocycles. The zero-order chi connectivity index (χ0) is 17.0. The van der Waals surface area contributed by atoms with Crippen molar-refractivity contribution in [2.45, 2.75) is 38.8 Å². The molecule has 1 aromatic carbocycles. The highest BCUT2D eigenvalue weighted by Gasteiger charge is 2.34. The fourth-order valence-electron chi connectivity index (χ4n) is 2.80. The highest BCUT2D eigenvalue weighted by atomic mass is 19.3. The third-order valence-corrected chi connectivity index (χ3v) is 4.00. The van der Waals surface area contributed by atoms with Crippen molar-refractivity contribution < 1.29 is 28.2 Å². The van der Waals surface area contributed by atoms with Gasteiger partial charge in [0.25, 0.3) is 0 Å². The molecule has 1 N–H and O–H groups in total. The topological polar surface area (TPSA) is 66.8 Å². The largest absolute Gasteiger partial charge is 0.480 e. The summed E-state index contributed by atoms with van der Waals surface area (Å²) in [5, 5.41) is 9.30. The summed E-state index contributed by atoms with van der Waals surface area (Å²) in [5.74, 6) is -1.26. The molecule has 126 valence electrons. The number of hydrogen-bond donors (Lipinski definition) is 1. The maximum atomic E-state index is 12.4. The molecule has 1 fully saturated rings. The van der Waals surface area contributed by atoms with E-state index in [4.69, 9.17) is 0 Å². The van der Waals surface area contributed by atoms with Gasteiger partial charge in [-0.25, -0.2) is 4.79 Å². The summed E-state index contributed by atoms with van der Waals surface area (Å²) < 4.78 is 29.2. The number of para-hydroxylation sites is 1. The first kappa shape index (κ1) is 17.2. The maximum absolute atomic E-state index is 12.4. The van der Waals surface area contributed by atoms with Crippen LogP contribution in [0.5, 0.6) is 5.75 Å². The van der Waals surface area contributed by atoms with Crippen LogP contribution in [0.15, 0.2) is 24.3 Å². The van der Waals surface area contributed by atoms with Crippen LogP contribution in [-0.4, -0.2) is 41.1 Å². The van der Waals surface area contributed by atoms with Crippen LogP contribution in [0, 0.1) is 5.92 Å². The Kier molecular flexibility index (Phi) is 5.52. The van der Waals surface area contributed by atoms with Crippen LogP contribution in [0.3, 0.4) is 0 Å². The molecule has 2 atom stereocenters. The second-order valence-corrected chi connectivity index (χ2v) is 5.73. The van der Waals surface area contributed by atoms with E-state index in [0.717, 1.165) is 6.42 Å². The van der Waals surface area contributed by atoms with Gasteiger partial charge >= 0.3 is 12.6 Å². The summed E-state index contributed by atoms with van der Waals surface area (Å²) >= 11 is 0. The van der Waals surface area contributed by atoms with Gasteiger partial charge in [0.2, 0.25) is 5.91 Å². The number of halogens is 2. The van der Waals surface area contributed by atoms with Gasteiger partial charge in [-0.3, -0.25) is 4.79 Å². The number of piperidine rings is 1. The second-order valence-electron chi connectivity index (χ2n) is 5.73. The predicted octanol–water partition coefficient (Wildman–Crippen LogP) is 2.54. The predicted molar refractivity (Wildman–Crippen MR) is 78.3 cm³/mol. The molecule has 2 rings (SSSR count). The van der Waals surface area contributed by atoms with Crippen molar-refractivity contribution >= 4 is 11.9 Å². The Labute approximate surface area is 132 Å². The van der Waals surface area contributed by atoms with E-state index in [1.807, 2.05) is 6.92 Å². The van der Waals surface area contributed by atoms with E-state index >= 15 is 0 Å². The molecule has 0 saturated carbocycles. The average molecular weight is 327 g/mol. The minimum atomic E-state index is -2.98. The molecule has 1 heterocycles. The standard InChI is InChI=1S/C16H19F2NO4/c1-10-6-7-19(12(8-10)15(21)22)14(20)9-11-4-2-3-5-13(11)23-16(17)18/h2-5,10,12,16H,6-9H2,1H3,(H,21,22). The van der Waals surface area contributed by atoms with Crippen molar-refractivity contribution in [3.8, 4) is 5.75 Å². The molecular weight excluding hydrogens is 308 g/mol. The molecule has 0 aromatic heterocycles. The van der Waals surface area contributed by atoms with Crippen molar-refractivity contribution in [2.75, 3.05) is 6.54 Å². The lowest BCUT2D eigenvalue weighted by Crippen LogP contribution is -2.50. The third kappa shape index (κ3) is 4.40. The number of nitrogens with zero attached hydrogens (tertiary/aromatic N) is 1. The normalized spacial score (nSPS) is 21.3. The summed E-state index contributed by atoms with van der Waals surface area (Å²) in [6, 6.07) is 5.18.